The number of benzene rings is 1. The molecule has 0 unspecified atom stereocenters. The van der Waals surface area contributed by atoms with Crippen molar-refractivity contribution in [2.75, 3.05) is 26.7 Å². The van der Waals surface area contributed by atoms with Crippen molar-refractivity contribution in [3.05, 3.63) is 59.8 Å². The monoisotopic (exact) mass is 325 g/mol. The number of hydrogen-bond acceptors (Lipinski definition) is 4. The van der Waals surface area contributed by atoms with Crippen LogP contribution in [0.15, 0.2) is 48.7 Å². The molecular formula is C20H27N3O. The summed E-state index contributed by atoms with van der Waals surface area (Å²) in [5.74, 6) is 0.685. The van der Waals surface area contributed by atoms with Gasteiger partial charge in [-0.25, -0.2) is 4.98 Å². The van der Waals surface area contributed by atoms with Crippen molar-refractivity contribution in [1.82, 2.24) is 15.2 Å². The highest BCUT2D eigenvalue weighted by Crippen LogP contribution is 2.13. The van der Waals surface area contributed by atoms with Crippen molar-refractivity contribution >= 4 is 0 Å². The fourth-order valence-corrected chi connectivity index (χ4v) is 3.23. The molecule has 0 bridgehead atoms. The molecule has 0 amide bonds. The molecule has 1 aromatic carbocycles. The Balaban J connectivity index is 1.37. The molecule has 2 heterocycles. The number of likely N-dealkylation sites (tertiary alicyclic amines) is 1. The van der Waals surface area contributed by atoms with Crippen molar-refractivity contribution in [1.29, 1.82) is 0 Å². The summed E-state index contributed by atoms with van der Waals surface area (Å²) >= 11 is 0. The lowest BCUT2D eigenvalue weighted by atomic mass is 10.0. The van der Waals surface area contributed by atoms with Crippen LogP contribution in [0.5, 0.6) is 5.88 Å². The van der Waals surface area contributed by atoms with E-state index in [1.807, 2.05) is 18.3 Å². The molecule has 1 aliphatic rings. The van der Waals surface area contributed by atoms with E-state index in [-0.39, 0.29) is 0 Å². The van der Waals surface area contributed by atoms with Crippen LogP contribution in [0.4, 0.5) is 0 Å². The van der Waals surface area contributed by atoms with Crippen LogP contribution in [-0.4, -0.2) is 42.7 Å². The number of aromatic nitrogens is 1. The maximum absolute atomic E-state index is 5.18. The number of ether oxygens (including phenoxy) is 1. The van der Waals surface area contributed by atoms with E-state index in [1.165, 1.54) is 37.1 Å². The Bertz CT molecular complexity index is 609. The number of hydrogen-bond donors (Lipinski definition) is 1. The number of rotatable bonds is 7. The minimum atomic E-state index is 0.608. The Labute approximate surface area is 144 Å². The minimum Gasteiger partial charge on any atom is -0.481 e. The van der Waals surface area contributed by atoms with Crippen LogP contribution >= 0.6 is 0 Å². The van der Waals surface area contributed by atoms with Crippen molar-refractivity contribution in [3.8, 4) is 5.88 Å². The lowest BCUT2D eigenvalue weighted by Crippen LogP contribution is -2.42. The first kappa shape index (κ1) is 16.9. The number of nitrogens with one attached hydrogen (secondary N) is 1. The molecule has 3 rings (SSSR count). The second-order valence-corrected chi connectivity index (χ2v) is 6.44. The van der Waals surface area contributed by atoms with E-state index in [4.69, 9.17) is 4.74 Å². The summed E-state index contributed by atoms with van der Waals surface area (Å²) in [5, 5.41) is 3.67. The van der Waals surface area contributed by atoms with E-state index >= 15 is 0 Å². The summed E-state index contributed by atoms with van der Waals surface area (Å²) in [6.07, 6.45) is 5.39. The molecule has 1 N–H and O–H groups in total. The van der Waals surface area contributed by atoms with Crippen molar-refractivity contribution in [2.45, 2.75) is 31.8 Å². The van der Waals surface area contributed by atoms with E-state index in [2.05, 4.69) is 45.5 Å². The highest BCUT2D eigenvalue weighted by molar-refractivity contribution is 5.20. The first-order valence-corrected chi connectivity index (χ1v) is 8.82. The molecule has 1 saturated heterocycles. The summed E-state index contributed by atoms with van der Waals surface area (Å²) in [7, 11) is 1.66. The zero-order chi connectivity index (χ0) is 16.6. The van der Waals surface area contributed by atoms with Gasteiger partial charge < -0.3 is 15.0 Å². The Kier molecular flexibility index (Phi) is 6.21. The largest absolute Gasteiger partial charge is 0.481 e. The van der Waals surface area contributed by atoms with Crippen LogP contribution in [0.25, 0.3) is 0 Å². The fourth-order valence-electron chi connectivity index (χ4n) is 3.23. The third-order valence-electron chi connectivity index (χ3n) is 4.75. The van der Waals surface area contributed by atoms with E-state index in [1.54, 1.807) is 7.11 Å². The quantitative estimate of drug-likeness (QED) is 0.849. The normalized spacial score (nSPS) is 16.2. The smallest absolute Gasteiger partial charge is 0.213 e. The van der Waals surface area contributed by atoms with Gasteiger partial charge in [-0.05, 0) is 49.5 Å². The first-order chi connectivity index (χ1) is 11.8. The molecule has 4 heteroatoms. The molecule has 1 fully saturated rings. The Morgan fingerprint density at radius 3 is 2.67 bits per heavy atom. The van der Waals surface area contributed by atoms with Crippen molar-refractivity contribution in [3.63, 3.8) is 0 Å². The Morgan fingerprint density at radius 1 is 1.12 bits per heavy atom. The highest BCUT2D eigenvalue weighted by Gasteiger charge is 2.18. The molecule has 0 radical (unpaired) electrons. The lowest BCUT2D eigenvalue weighted by molar-refractivity contribution is 0.199. The van der Waals surface area contributed by atoms with Crippen molar-refractivity contribution in [2.24, 2.45) is 0 Å². The summed E-state index contributed by atoms with van der Waals surface area (Å²) in [6, 6.07) is 15.4. The molecule has 1 aromatic heterocycles. The van der Waals surface area contributed by atoms with Gasteiger partial charge in [0, 0.05) is 31.4 Å². The summed E-state index contributed by atoms with van der Waals surface area (Å²) in [6.45, 7) is 4.42. The molecule has 2 aromatic rings. The Morgan fingerprint density at radius 2 is 1.92 bits per heavy atom. The van der Waals surface area contributed by atoms with Crippen molar-refractivity contribution < 1.29 is 4.74 Å². The molecule has 0 saturated carbocycles. The molecule has 128 valence electrons. The topological polar surface area (TPSA) is 37.4 Å². The van der Waals surface area contributed by atoms with Gasteiger partial charge in [-0.2, -0.15) is 0 Å². The molecule has 1 aliphatic heterocycles. The van der Waals surface area contributed by atoms with Gasteiger partial charge in [-0.15, -0.1) is 0 Å². The zero-order valence-corrected chi connectivity index (χ0v) is 14.4. The predicted octanol–water partition coefficient (Wildman–Crippen LogP) is 2.89. The molecule has 0 atom stereocenters. The molecular weight excluding hydrogens is 298 g/mol. The van der Waals surface area contributed by atoms with Gasteiger partial charge >= 0.3 is 0 Å². The SMILES string of the molecule is COc1cc(CNC2CCN(CCc3ccccc3)CC2)ccn1. The maximum atomic E-state index is 5.18. The minimum absolute atomic E-state index is 0.608. The van der Waals surface area contributed by atoms with Gasteiger partial charge in [-0.1, -0.05) is 30.3 Å². The number of pyridine rings is 1. The molecule has 0 spiro atoms. The number of methoxy groups -OCH3 is 1. The molecule has 24 heavy (non-hydrogen) atoms. The molecule has 0 aliphatic carbocycles. The lowest BCUT2D eigenvalue weighted by Gasteiger charge is -2.32. The number of nitrogens with zero attached hydrogens (tertiary/aromatic N) is 2. The van der Waals surface area contributed by atoms with E-state index < -0.39 is 0 Å². The van der Waals surface area contributed by atoms with Crippen LogP contribution in [-0.2, 0) is 13.0 Å². The van der Waals surface area contributed by atoms with Gasteiger partial charge in [0.05, 0.1) is 7.11 Å². The third-order valence-corrected chi connectivity index (χ3v) is 4.75. The van der Waals surface area contributed by atoms with Crippen LogP contribution in [0, 0.1) is 0 Å². The van der Waals surface area contributed by atoms with Gasteiger partial charge in [0.1, 0.15) is 0 Å². The third kappa shape index (κ3) is 5.05. The summed E-state index contributed by atoms with van der Waals surface area (Å²) < 4.78 is 5.18. The maximum Gasteiger partial charge on any atom is 0.213 e. The van der Waals surface area contributed by atoms with Crippen LogP contribution in [0.3, 0.4) is 0 Å². The van der Waals surface area contributed by atoms with Crippen LogP contribution < -0.4 is 10.1 Å². The average molecular weight is 325 g/mol. The van der Waals surface area contributed by atoms with E-state index in [9.17, 15) is 0 Å². The van der Waals surface area contributed by atoms with Gasteiger partial charge in [0.15, 0.2) is 0 Å². The van der Waals surface area contributed by atoms with Gasteiger partial charge in [-0.3, -0.25) is 0 Å². The van der Waals surface area contributed by atoms with Crippen LogP contribution in [0.1, 0.15) is 24.0 Å². The van der Waals surface area contributed by atoms with Crippen LogP contribution in [0.2, 0.25) is 0 Å². The fraction of sp³-hybridized carbons (Fsp3) is 0.450. The van der Waals surface area contributed by atoms with E-state index in [0.717, 1.165) is 19.5 Å². The zero-order valence-electron chi connectivity index (χ0n) is 14.4. The van der Waals surface area contributed by atoms with E-state index in [0.29, 0.717) is 11.9 Å². The summed E-state index contributed by atoms with van der Waals surface area (Å²) in [5.41, 5.74) is 2.66. The summed E-state index contributed by atoms with van der Waals surface area (Å²) in [4.78, 5) is 6.74. The predicted molar refractivity (Wildman–Crippen MR) is 97.2 cm³/mol. The first-order valence-electron chi connectivity index (χ1n) is 8.82. The standard InChI is InChI=1S/C20H27N3O/c1-24-20-15-18(7-11-21-20)16-22-19-9-13-23(14-10-19)12-8-17-5-3-2-4-6-17/h2-7,11,15,19,22H,8-10,12-14,16H2,1H3. The average Bonchev–Trinajstić information content (AvgIpc) is 2.66. The Hall–Kier alpha value is -1.91. The molecule has 4 nitrogen and oxygen atoms in total. The van der Waals surface area contributed by atoms with Gasteiger partial charge in [0.2, 0.25) is 5.88 Å². The second kappa shape index (κ2) is 8.81. The second-order valence-electron chi connectivity index (χ2n) is 6.44. The van der Waals surface area contributed by atoms with Gasteiger partial charge in [0.25, 0.3) is 0 Å². The number of piperidine rings is 1. The highest BCUT2D eigenvalue weighted by atomic mass is 16.5.